The van der Waals surface area contributed by atoms with Crippen LogP contribution in [0.5, 0.6) is 0 Å². The van der Waals surface area contributed by atoms with Gasteiger partial charge in [-0.3, -0.25) is 39.7 Å². The summed E-state index contributed by atoms with van der Waals surface area (Å²) in [6.45, 7) is 8.03. The zero-order valence-electron chi connectivity index (χ0n) is 17.9. The van der Waals surface area contributed by atoms with Crippen molar-refractivity contribution >= 4 is 11.9 Å². The van der Waals surface area contributed by atoms with Gasteiger partial charge in [-0.2, -0.15) is 0 Å². The van der Waals surface area contributed by atoms with E-state index in [2.05, 4.69) is 19.6 Å². The third kappa shape index (κ3) is 10.6. The lowest BCUT2D eigenvalue weighted by Gasteiger charge is -2.37. The Labute approximate surface area is 177 Å². The number of carboxylic acid groups (broad SMARTS) is 2. The molecule has 1 aliphatic heterocycles. The van der Waals surface area contributed by atoms with Crippen LogP contribution in [0, 0.1) is 0 Å². The molecule has 0 radical (unpaired) electrons. The molecule has 2 unspecified atom stereocenters. The van der Waals surface area contributed by atoms with Gasteiger partial charge in [0.1, 0.15) is 0 Å². The summed E-state index contributed by atoms with van der Waals surface area (Å²) in [4.78, 5) is 38.9. The molecule has 0 saturated carbocycles. The molecule has 0 aromatic heterocycles. The summed E-state index contributed by atoms with van der Waals surface area (Å²) >= 11 is 0. The lowest BCUT2D eigenvalue weighted by atomic mass is 10.2. The standard InChI is InChI=1S/C18H36N4O8/c1-15(13-29-27)21-7-5-19(11-17(23)24)3-4-20(12-18(25)26)6-8-22(10-9-21)16(2)14-30-28/h15-16,27-28H,3-14H2,1-2H3,(H,23,24)(H,25,26). The molecule has 1 heterocycles. The van der Waals surface area contributed by atoms with Crippen molar-refractivity contribution in [3.8, 4) is 0 Å². The first-order valence-corrected chi connectivity index (χ1v) is 10.2. The lowest BCUT2D eigenvalue weighted by Crippen LogP contribution is -2.51. The van der Waals surface area contributed by atoms with Gasteiger partial charge in [0, 0.05) is 64.4 Å². The van der Waals surface area contributed by atoms with Crippen LogP contribution in [0.3, 0.4) is 0 Å². The molecule has 0 spiro atoms. The second-order valence-electron chi connectivity index (χ2n) is 7.70. The van der Waals surface area contributed by atoms with Gasteiger partial charge in [0.25, 0.3) is 0 Å². The van der Waals surface area contributed by atoms with Crippen molar-refractivity contribution in [1.82, 2.24) is 19.6 Å². The average Bonchev–Trinajstić information content (AvgIpc) is 2.65. The van der Waals surface area contributed by atoms with Gasteiger partial charge in [0.15, 0.2) is 0 Å². The number of aliphatic carboxylic acids is 2. The fraction of sp³-hybridized carbons (Fsp3) is 0.889. The van der Waals surface area contributed by atoms with E-state index >= 15 is 0 Å². The molecule has 0 amide bonds. The molecule has 1 rings (SSSR count). The molecule has 0 aromatic carbocycles. The molecular formula is C18H36N4O8. The molecule has 1 fully saturated rings. The van der Waals surface area contributed by atoms with Crippen LogP contribution in [0.1, 0.15) is 13.8 Å². The zero-order valence-corrected chi connectivity index (χ0v) is 17.9. The average molecular weight is 437 g/mol. The van der Waals surface area contributed by atoms with E-state index in [1.54, 1.807) is 9.80 Å². The van der Waals surface area contributed by atoms with Gasteiger partial charge in [-0.25, -0.2) is 9.78 Å². The molecule has 0 aromatic rings. The maximum absolute atomic E-state index is 11.2. The fourth-order valence-electron chi connectivity index (χ4n) is 3.53. The van der Waals surface area contributed by atoms with Crippen LogP contribution in [0.4, 0.5) is 0 Å². The van der Waals surface area contributed by atoms with Crippen LogP contribution in [0.15, 0.2) is 0 Å². The van der Waals surface area contributed by atoms with Crippen molar-refractivity contribution < 1.29 is 40.1 Å². The van der Waals surface area contributed by atoms with E-state index in [4.69, 9.17) is 10.5 Å². The summed E-state index contributed by atoms with van der Waals surface area (Å²) in [7, 11) is 0. The number of hydrogen-bond donors (Lipinski definition) is 4. The van der Waals surface area contributed by atoms with Crippen molar-refractivity contribution in [3.05, 3.63) is 0 Å². The summed E-state index contributed by atoms with van der Waals surface area (Å²) in [6, 6.07) is -0.168. The summed E-state index contributed by atoms with van der Waals surface area (Å²) < 4.78 is 0. The van der Waals surface area contributed by atoms with E-state index in [0.717, 1.165) is 0 Å². The largest absolute Gasteiger partial charge is 0.480 e. The van der Waals surface area contributed by atoms with Crippen LogP contribution in [0.25, 0.3) is 0 Å². The number of nitrogens with zero attached hydrogens (tertiary/aromatic N) is 4. The maximum atomic E-state index is 11.2. The summed E-state index contributed by atoms with van der Waals surface area (Å²) in [5.74, 6) is -1.87. The zero-order chi connectivity index (χ0) is 22.5. The predicted molar refractivity (Wildman–Crippen MR) is 107 cm³/mol. The van der Waals surface area contributed by atoms with Gasteiger partial charge in [-0.1, -0.05) is 0 Å². The normalized spacial score (nSPS) is 21.5. The van der Waals surface area contributed by atoms with Crippen LogP contribution in [-0.4, -0.2) is 143 Å². The summed E-state index contributed by atoms with van der Waals surface area (Å²) in [6.07, 6.45) is 0. The molecule has 30 heavy (non-hydrogen) atoms. The Morgan fingerprint density at radius 2 is 1.00 bits per heavy atom. The number of hydrogen-bond acceptors (Lipinski definition) is 10. The van der Waals surface area contributed by atoms with E-state index in [0.29, 0.717) is 52.4 Å². The van der Waals surface area contributed by atoms with Gasteiger partial charge in [-0.15, -0.1) is 0 Å². The van der Waals surface area contributed by atoms with Crippen LogP contribution in [0.2, 0.25) is 0 Å². The Morgan fingerprint density at radius 1 is 0.700 bits per heavy atom. The minimum Gasteiger partial charge on any atom is -0.480 e. The number of rotatable bonds is 10. The van der Waals surface area contributed by atoms with E-state index in [1.165, 1.54) is 0 Å². The first-order valence-electron chi connectivity index (χ1n) is 10.2. The Bertz CT molecular complexity index is 469. The van der Waals surface area contributed by atoms with Crippen LogP contribution in [-0.2, 0) is 19.4 Å². The van der Waals surface area contributed by atoms with Crippen molar-refractivity contribution in [1.29, 1.82) is 0 Å². The van der Waals surface area contributed by atoms with Gasteiger partial charge < -0.3 is 10.2 Å². The van der Waals surface area contributed by atoms with Crippen molar-refractivity contribution in [3.63, 3.8) is 0 Å². The lowest BCUT2D eigenvalue weighted by molar-refractivity contribution is -0.252. The van der Waals surface area contributed by atoms with Crippen molar-refractivity contribution in [2.45, 2.75) is 25.9 Å². The predicted octanol–water partition coefficient (Wildman–Crippen LogP) is -0.867. The second-order valence-corrected chi connectivity index (χ2v) is 7.70. The molecule has 1 saturated heterocycles. The molecule has 12 heteroatoms. The van der Waals surface area contributed by atoms with E-state index in [1.807, 2.05) is 13.8 Å². The molecule has 1 aliphatic rings. The monoisotopic (exact) mass is 436 g/mol. The second kappa shape index (κ2) is 14.6. The van der Waals surface area contributed by atoms with Crippen molar-refractivity contribution in [2.24, 2.45) is 0 Å². The van der Waals surface area contributed by atoms with E-state index in [9.17, 15) is 19.8 Å². The highest BCUT2D eigenvalue weighted by Crippen LogP contribution is 2.07. The Hall–Kier alpha value is -1.38. The van der Waals surface area contributed by atoms with Crippen LogP contribution >= 0.6 is 0 Å². The van der Waals surface area contributed by atoms with Crippen LogP contribution < -0.4 is 0 Å². The summed E-state index contributed by atoms with van der Waals surface area (Å²) in [5, 5.41) is 36.1. The minimum absolute atomic E-state index is 0.0839. The highest BCUT2D eigenvalue weighted by molar-refractivity contribution is 5.69. The first kappa shape index (κ1) is 26.7. The molecule has 4 N–H and O–H groups in total. The molecule has 12 nitrogen and oxygen atoms in total. The molecule has 2 atom stereocenters. The highest BCUT2D eigenvalue weighted by Gasteiger charge is 2.23. The van der Waals surface area contributed by atoms with Gasteiger partial charge in [0.05, 0.1) is 26.3 Å². The number of carbonyl (C=O) groups is 2. The van der Waals surface area contributed by atoms with E-state index in [-0.39, 0.29) is 38.4 Å². The van der Waals surface area contributed by atoms with Crippen molar-refractivity contribution in [2.75, 3.05) is 78.7 Å². The topological polar surface area (TPSA) is 146 Å². The molecule has 176 valence electrons. The molecular weight excluding hydrogens is 400 g/mol. The smallest absolute Gasteiger partial charge is 0.317 e. The minimum atomic E-state index is -0.936. The van der Waals surface area contributed by atoms with Gasteiger partial charge in [-0.05, 0) is 13.8 Å². The fourth-order valence-corrected chi connectivity index (χ4v) is 3.53. The summed E-state index contributed by atoms with van der Waals surface area (Å²) in [5.41, 5.74) is 0. The SMILES string of the molecule is CC(COO)N1CCN(CC(=O)O)CCN(CC(=O)O)CCN(C(C)COO)CC1. The molecule has 0 aliphatic carbocycles. The van der Waals surface area contributed by atoms with Gasteiger partial charge >= 0.3 is 11.9 Å². The third-order valence-electron chi connectivity index (χ3n) is 5.41. The Balaban J connectivity index is 2.97. The highest BCUT2D eigenvalue weighted by atomic mass is 17.1. The number of carboxylic acids is 2. The van der Waals surface area contributed by atoms with Gasteiger partial charge in [0.2, 0.25) is 0 Å². The Morgan fingerprint density at radius 3 is 1.30 bits per heavy atom. The maximum Gasteiger partial charge on any atom is 0.317 e. The third-order valence-corrected chi connectivity index (χ3v) is 5.41. The Kier molecular flexibility index (Phi) is 13.0. The first-order chi connectivity index (χ1) is 14.3. The quantitative estimate of drug-likeness (QED) is 0.249. The molecule has 0 bridgehead atoms. The van der Waals surface area contributed by atoms with E-state index < -0.39 is 11.9 Å².